The van der Waals surface area contributed by atoms with Gasteiger partial charge in [-0.2, -0.15) is 0 Å². The van der Waals surface area contributed by atoms with Gasteiger partial charge in [-0.15, -0.1) is 12.4 Å². The molecule has 3 nitrogen and oxygen atoms in total. The molecule has 1 aliphatic carbocycles. The molecule has 1 aromatic carbocycles. The Morgan fingerprint density at radius 2 is 1.88 bits per heavy atom. The lowest BCUT2D eigenvalue weighted by molar-refractivity contribution is -0.128. The van der Waals surface area contributed by atoms with Gasteiger partial charge in [-0.25, -0.2) is 0 Å². The van der Waals surface area contributed by atoms with Crippen LogP contribution in [0.25, 0.3) is 0 Å². The lowest BCUT2D eigenvalue weighted by Crippen LogP contribution is -2.48. The Balaban J connectivity index is 0.00000208. The highest BCUT2D eigenvalue weighted by molar-refractivity contribution is 6.30. The minimum absolute atomic E-state index is 0. The quantitative estimate of drug-likeness (QED) is 0.838. The minimum atomic E-state index is -0.356. The summed E-state index contributed by atoms with van der Waals surface area (Å²) in [6, 6.07) is 7.89. The van der Waals surface area contributed by atoms with E-state index in [2.05, 4.69) is 10.6 Å². The maximum absolute atomic E-state index is 13.1. The second-order valence-corrected chi connectivity index (χ2v) is 7.51. The van der Waals surface area contributed by atoms with Crippen molar-refractivity contribution in [2.24, 2.45) is 5.92 Å². The lowest BCUT2D eigenvalue weighted by Gasteiger charge is -2.37. The van der Waals surface area contributed by atoms with E-state index < -0.39 is 0 Å². The van der Waals surface area contributed by atoms with Crippen molar-refractivity contribution in [3.8, 4) is 0 Å². The second-order valence-electron chi connectivity index (χ2n) is 7.07. The smallest absolute Gasteiger partial charge is 0.230 e. The van der Waals surface area contributed by atoms with Crippen molar-refractivity contribution in [1.29, 1.82) is 0 Å². The normalized spacial score (nSPS) is 23.1. The van der Waals surface area contributed by atoms with Crippen LogP contribution in [-0.4, -0.2) is 25.5 Å². The molecule has 1 amide bonds. The van der Waals surface area contributed by atoms with Gasteiger partial charge in [0.15, 0.2) is 0 Å². The van der Waals surface area contributed by atoms with Gasteiger partial charge in [0.1, 0.15) is 0 Å². The molecule has 2 aliphatic rings. The number of nitrogens with one attached hydrogen (secondary N) is 2. The summed E-state index contributed by atoms with van der Waals surface area (Å²) in [6.45, 7) is 2.93. The third-order valence-corrected chi connectivity index (χ3v) is 5.74. The van der Waals surface area contributed by atoms with Crippen molar-refractivity contribution in [1.82, 2.24) is 10.6 Å². The number of piperidine rings is 1. The van der Waals surface area contributed by atoms with Gasteiger partial charge < -0.3 is 10.6 Å². The molecule has 3 rings (SSSR count). The molecular formula is C19H28Cl2N2O. The standard InChI is InChI=1S/C19H27ClN2O.ClH/c20-17-8-6-16(7-9-17)19(10-2-1-3-11-19)18(23)22-14-15-5-4-12-21-13-15;/h6-9,15,21H,1-5,10-14H2,(H,22,23);1H. The van der Waals surface area contributed by atoms with E-state index in [0.29, 0.717) is 5.92 Å². The molecule has 1 saturated carbocycles. The Morgan fingerprint density at radius 3 is 2.50 bits per heavy atom. The first kappa shape index (κ1) is 19.6. The third-order valence-electron chi connectivity index (χ3n) is 5.49. The molecule has 1 unspecified atom stereocenters. The maximum atomic E-state index is 13.1. The Labute approximate surface area is 156 Å². The predicted octanol–water partition coefficient (Wildman–Crippen LogP) is 4.08. The van der Waals surface area contributed by atoms with Gasteiger partial charge in [-0.3, -0.25) is 4.79 Å². The summed E-state index contributed by atoms with van der Waals surface area (Å²) in [5.74, 6) is 0.781. The molecule has 1 saturated heterocycles. The topological polar surface area (TPSA) is 41.1 Å². The van der Waals surface area contributed by atoms with Crippen LogP contribution in [0, 0.1) is 5.92 Å². The first-order chi connectivity index (χ1) is 11.2. The molecule has 1 aromatic rings. The Hall–Kier alpha value is -0.770. The summed E-state index contributed by atoms with van der Waals surface area (Å²) in [4.78, 5) is 13.1. The number of amides is 1. The van der Waals surface area contributed by atoms with E-state index in [0.717, 1.165) is 55.9 Å². The molecule has 2 N–H and O–H groups in total. The summed E-state index contributed by atoms with van der Waals surface area (Å²) in [6.07, 6.45) is 7.80. The molecule has 0 spiro atoms. The lowest BCUT2D eigenvalue weighted by atomic mass is 9.68. The van der Waals surface area contributed by atoms with Crippen LogP contribution in [0.2, 0.25) is 5.02 Å². The highest BCUT2D eigenvalue weighted by atomic mass is 35.5. The molecule has 134 valence electrons. The van der Waals surface area contributed by atoms with Gasteiger partial charge in [0.25, 0.3) is 0 Å². The first-order valence-electron chi connectivity index (χ1n) is 8.96. The van der Waals surface area contributed by atoms with E-state index in [4.69, 9.17) is 11.6 Å². The molecule has 1 atom stereocenters. The largest absolute Gasteiger partial charge is 0.355 e. The molecular weight excluding hydrogens is 343 g/mol. The van der Waals surface area contributed by atoms with Crippen LogP contribution in [0.1, 0.15) is 50.5 Å². The zero-order chi connectivity index (χ0) is 16.1. The first-order valence-corrected chi connectivity index (χ1v) is 9.33. The summed E-state index contributed by atoms with van der Waals surface area (Å²) in [5.41, 5.74) is 0.770. The summed E-state index contributed by atoms with van der Waals surface area (Å²) >= 11 is 6.03. The van der Waals surface area contributed by atoms with Crippen LogP contribution >= 0.6 is 24.0 Å². The van der Waals surface area contributed by atoms with Gasteiger partial charge >= 0.3 is 0 Å². The van der Waals surface area contributed by atoms with E-state index in [1.165, 1.54) is 19.3 Å². The van der Waals surface area contributed by atoms with Crippen LogP contribution in [0.15, 0.2) is 24.3 Å². The SMILES string of the molecule is Cl.O=C(NCC1CCCNC1)C1(c2ccc(Cl)cc2)CCCCC1. The number of hydrogen-bond acceptors (Lipinski definition) is 2. The van der Waals surface area contributed by atoms with Crippen molar-refractivity contribution in [3.63, 3.8) is 0 Å². The molecule has 0 bridgehead atoms. The van der Waals surface area contributed by atoms with E-state index in [1.54, 1.807) is 0 Å². The molecule has 1 heterocycles. The van der Waals surface area contributed by atoms with Gasteiger partial charge in [-0.1, -0.05) is 43.0 Å². The monoisotopic (exact) mass is 370 g/mol. The predicted molar refractivity (Wildman–Crippen MR) is 102 cm³/mol. The van der Waals surface area contributed by atoms with Gasteiger partial charge in [0.2, 0.25) is 5.91 Å². The van der Waals surface area contributed by atoms with Crippen LogP contribution < -0.4 is 10.6 Å². The number of carbonyl (C=O) groups is 1. The van der Waals surface area contributed by atoms with Crippen molar-refractivity contribution in [2.45, 2.75) is 50.4 Å². The fourth-order valence-electron chi connectivity index (χ4n) is 4.08. The van der Waals surface area contributed by atoms with E-state index in [1.807, 2.05) is 24.3 Å². The number of carbonyl (C=O) groups excluding carboxylic acids is 1. The van der Waals surface area contributed by atoms with E-state index >= 15 is 0 Å². The average Bonchev–Trinajstić information content (AvgIpc) is 2.61. The molecule has 2 fully saturated rings. The Bertz CT molecular complexity index is 521. The highest BCUT2D eigenvalue weighted by Gasteiger charge is 2.41. The Morgan fingerprint density at radius 1 is 1.17 bits per heavy atom. The molecule has 5 heteroatoms. The zero-order valence-electron chi connectivity index (χ0n) is 14.2. The van der Waals surface area contributed by atoms with Gasteiger partial charge in [0, 0.05) is 11.6 Å². The van der Waals surface area contributed by atoms with Crippen LogP contribution in [0.5, 0.6) is 0 Å². The molecule has 0 radical (unpaired) electrons. The Kier molecular flexibility index (Phi) is 7.39. The molecule has 1 aliphatic heterocycles. The van der Waals surface area contributed by atoms with Gasteiger partial charge in [0.05, 0.1) is 5.41 Å². The zero-order valence-corrected chi connectivity index (χ0v) is 15.7. The second kappa shape index (κ2) is 9.07. The fraction of sp³-hybridized carbons (Fsp3) is 0.632. The highest BCUT2D eigenvalue weighted by Crippen LogP contribution is 2.40. The van der Waals surface area contributed by atoms with E-state index in [-0.39, 0.29) is 23.7 Å². The fourth-order valence-corrected chi connectivity index (χ4v) is 4.20. The van der Waals surface area contributed by atoms with Gasteiger partial charge in [-0.05, 0) is 62.4 Å². The van der Waals surface area contributed by atoms with Crippen LogP contribution in [0.3, 0.4) is 0 Å². The van der Waals surface area contributed by atoms with Crippen LogP contribution in [0.4, 0.5) is 0 Å². The maximum Gasteiger partial charge on any atom is 0.230 e. The summed E-state index contributed by atoms with van der Waals surface area (Å²) in [7, 11) is 0. The van der Waals surface area contributed by atoms with Crippen molar-refractivity contribution in [3.05, 3.63) is 34.9 Å². The number of hydrogen-bond donors (Lipinski definition) is 2. The van der Waals surface area contributed by atoms with E-state index in [9.17, 15) is 4.79 Å². The van der Waals surface area contributed by atoms with Crippen molar-refractivity contribution < 1.29 is 4.79 Å². The van der Waals surface area contributed by atoms with Crippen molar-refractivity contribution in [2.75, 3.05) is 19.6 Å². The number of halogens is 2. The minimum Gasteiger partial charge on any atom is -0.355 e. The molecule has 24 heavy (non-hydrogen) atoms. The third kappa shape index (κ3) is 4.44. The average molecular weight is 371 g/mol. The summed E-state index contributed by atoms with van der Waals surface area (Å²) < 4.78 is 0. The van der Waals surface area contributed by atoms with Crippen LogP contribution in [-0.2, 0) is 10.2 Å². The number of rotatable bonds is 4. The number of benzene rings is 1. The molecule has 0 aromatic heterocycles. The van der Waals surface area contributed by atoms with Crippen molar-refractivity contribution >= 4 is 29.9 Å². The summed E-state index contributed by atoms with van der Waals surface area (Å²) in [5, 5.41) is 7.41.